The van der Waals surface area contributed by atoms with E-state index in [1.807, 2.05) is 13.1 Å². The van der Waals surface area contributed by atoms with Crippen molar-refractivity contribution in [3.8, 4) is 0 Å². The van der Waals surface area contributed by atoms with E-state index < -0.39 is 0 Å². The lowest BCUT2D eigenvalue weighted by atomic mass is 9.92. The Morgan fingerprint density at radius 3 is 3.12 bits per heavy atom. The Kier molecular flexibility index (Phi) is 2.21. The lowest BCUT2D eigenvalue weighted by Gasteiger charge is -2.21. The van der Waals surface area contributed by atoms with Crippen molar-refractivity contribution in [3.63, 3.8) is 0 Å². The van der Waals surface area contributed by atoms with Crippen molar-refractivity contribution >= 4 is 10.9 Å². The van der Waals surface area contributed by atoms with E-state index in [9.17, 15) is 4.39 Å². The van der Waals surface area contributed by atoms with E-state index in [2.05, 4.69) is 10.3 Å². The van der Waals surface area contributed by atoms with Crippen LogP contribution in [-0.4, -0.2) is 18.1 Å². The summed E-state index contributed by atoms with van der Waals surface area (Å²) in [6.45, 7) is 0. The Bertz CT molecular complexity index is 530. The Labute approximate surface area is 93.9 Å². The van der Waals surface area contributed by atoms with Crippen LogP contribution in [0, 0.1) is 5.82 Å². The zero-order valence-electron chi connectivity index (χ0n) is 9.31. The minimum absolute atomic E-state index is 0.148. The molecule has 1 aliphatic carbocycles. The van der Waals surface area contributed by atoms with Crippen LogP contribution in [0.5, 0.6) is 0 Å². The van der Waals surface area contributed by atoms with Crippen molar-refractivity contribution in [2.45, 2.75) is 25.3 Å². The van der Waals surface area contributed by atoms with Crippen molar-refractivity contribution < 1.29 is 4.39 Å². The largest absolute Gasteiger partial charge is 0.358 e. The Balaban J connectivity index is 2.13. The van der Waals surface area contributed by atoms with Gasteiger partial charge in [0.25, 0.3) is 0 Å². The van der Waals surface area contributed by atoms with Crippen LogP contribution in [0.4, 0.5) is 4.39 Å². The molecule has 1 aromatic heterocycles. The molecule has 0 fully saturated rings. The number of nitrogens with one attached hydrogen (secondary N) is 2. The van der Waals surface area contributed by atoms with Gasteiger partial charge < -0.3 is 10.3 Å². The molecule has 1 atom stereocenters. The van der Waals surface area contributed by atoms with Gasteiger partial charge >= 0.3 is 0 Å². The summed E-state index contributed by atoms with van der Waals surface area (Å²) in [4.78, 5) is 3.40. The van der Waals surface area contributed by atoms with Crippen LogP contribution in [0.3, 0.4) is 0 Å². The summed E-state index contributed by atoms with van der Waals surface area (Å²) in [5, 5.41) is 4.37. The first-order chi connectivity index (χ1) is 7.78. The number of aromatic nitrogens is 1. The molecule has 1 unspecified atom stereocenters. The highest BCUT2D eigenvalue weighted by atomic mass is 19.1. The maximum Gasteiger partial charge on any atom is 0.123 e. The molecule has 0 saturated heterocycles. The van der Waals surface area contributed by atoms with E-state index in [-0.39, 0.29) is 5.82 Å². The minimum Gasteiger partial charge on any atom is -0.358 e. The first kappa shape index (κ1) is 9.85. The molecule has 2 aromatic rings. The quantitative estimate of drug-likeness (QED) is 0.755. The van der Waals surface area contributed by atoms with Crippen molar-refractivity contribution in [2.24, 2.45) is 0 Å². The zero-order valence-corrected chi connectivity index (χ0v) is 9.31. The third-order valence-corrected chi connectivity index (χ3v) is 3.56. The molecule has 16 heavy (non-hydrogen) atoms. The fourth-order valence-corrected chi connectivity index (χ4v) is 2.65. The van der Waals surface area contributed by atoms with E-state index in [1.165, 1.54) is 17.3 Å². The van der Waals surface area contributed by atoms with E-state index in [0.29, 0.717) is 6.04 Å². The van der Waals surface area contributed by atoms with Crippen LogP contribution in [0.15, 0.2) is 18.2 Å². The van der Waals surface area contributed by atoms with Gasteiger partial charge in [-0.25, -0.2) is 4.39 Å². The molecule has 0 aliphatic heterocycles. The molecule has 2 N–H and O–H groups in total. The highest BCUT2D eigenvalue weighted by molar-refractivity contribution is 5.85. The summed E-state index contributed by atoms with van der Waals surface area (Å²) in [5.41, 5.74) is 3.63. The Hall–Kier alpha value is -1.35. The normalized spacial score (nSPS) is 20.0. The predicted octanol–water partition coefficient (Wildman–Crippen LogP) is 2.38. The summed E-state index contributed by atoms with van der Waals surface area (Å²) in [7, 11) is 2.00. The van der Waals surface area contributed by atoms with Gasteiger partial charge in [-0.2, -0.15) is 0 Å². The average molecular weight is 218 g/mol. The van der Waals surface area contributed by atoms with Gasteiger partial charge in [0.15, 0.2) is 0 Å². The topological polar surface area (TPSA) is 27.8 Å². The van der Waals surface area contributed by atoms with Crippen molar-refractivity contribution in [1.29, 1.82) is 0 Å². The first-order valence-electron chi connectivity index (χ1n) is 5.74. The van der Waals surface area contributed by atoms with Crippen LogP contribution in [0.1, 0.15) is 17.7 Å². The second kappa shape index (κ2) is 3.59. The fourth-order valence-electron chi connectivity index (χ4n) is 2.65. The second-order valence-electron chi connectivity index (χ2n) is 4.50. The number of likely N-dealkylation sites (N-methyl/N-ethyl adjacent to an activating group) is 1. The molecule has 3 rings (SSSR count). The zero-order chi connectivity index (χ0) is 11.1. The van der Waals surface area contributed by atoms with Gasteiger partial charge in [-0.3, -0.25) is 0 Å². The van der Waals surface area contributed by atoms with Gasteiger partial charge in [0, 0.05) is 29.1 Å². The molecule has 3 heteroatoms. The average Bonchev–Trinajstić information content (AvgIpc) is 2.66. The van der Waals surface area contributed by atoms with Crippen LogP contribution in [0.25, 0.3) is 10.9 Å². The molecular formula is C13H15FN2. The molecule has 0 bridgehead atoms. The number of fused-ring (bicyclic) bond motifs is 3. The van der Waals surface area contributed by atoms with Crippen molar-refractivity contribution in [2.75, 3.05) is 7.05 Å². The summed E-state index contributed by atoms with van der Waals surface area (Å²) in [6, 6.07) is 5.53. The monoisotopic (exact) mass is 218 g/mol. The lowest BCUT2D eigenvalue weighted by molar-refractivity contribution is 0.493. The third kappa shape index (κ3) is 1.43. The van der Waals surface area contributed by atoms with Gasteiger partial charge in [0.05, 0.1) is 0 Å². The SMILES string of the molecule is CNC1CCc2c([nH]c3ccc(F)cc23)C1. The number of benzene rings is 1. The second-order valence-corrected chi connectivity index (χ2v) is 4.50. The van der Waals surface area contributed by atoms with Gasteiger partial charge in [0.1, 0.15) is 5.82 Å². The van der Waals surface area contributed by atoms with Crippen molar-refractivity contribution in [3.05, 3.63) is 35.3 Å². The number of H-pyrrole nitrogens is 1. The first-order valence-corrected chi connectivity index (χ1v) is 5.74. The van der Waals surface area contributed by atoms with Gasteiger partial charge in [0.2, 0.25) is 0 Å². The van der Waals surface area contributed by atoms with Crippen LogP contribution in [-0.2, 0) is 12.8 Å². The molecular weight excluding hydrogens is 203 g/mol. The van der Waals surface area contributed by atoms with Crippen LogP contribution < -0.4 is 5.32 Å². The smallest absolute Gasteiger partial charge is 0.123 e. The summed E-state index contributed by atoms with van der Waals surface area (Å²) in [5.74, 6) is -0.148. The van der Waals surface area contributed by atoms with Crippen LogP contribution >= 0.6 is 0 Å². The van der Waals surface area contributed by atoms with E-state index in [4.69, 9.17) is 0 Å². The maximum atomic E-state index is 13.2. The molecule has 1 heterocycles. The Morgan fingerprint density at radius 2 is 2.31 bits per heavy atom. The number of aryl methyl sites for hydroxylation is 1. The molecule has 2 nitrogen and oxygen atoms in total. The molecule has 1 aromatic carbocycles. The van der Waals surface area contributed by atoms with Gasteiger partial charge in [-0.1, -0.05) is 0 Å². The fraction of sp³-hybridized carbons (Fsp3) is 0.385. The third-order valence-electron chi connectivity index (χ3n) is 3.56. The molecule has 0 amide bonds. The summed E-state index contributed by atoms with van der Waals surface area (Å²) >= 11 is 0. The highest BCUT2D eigenvalue weighted by Crippen LogP contribution is 2.29. The van der Waals surface area contributed by atoms with E-state index in [0.717, 1.165) is 30.2 Å². The van der Waals surface area contributed by atoms with Crippen LogP contribution in [0.2, 0.25) is 0 Å². The predicted molar refractivity (Wildman–Crippen MR) is 63.1 cm³/mol. The molecule has 0 saturated carbocycles. The molecule has 0 radical (unpaired) electrons. The molecule has 84 valence electrons. The number of halogens is 1. The van der Waals surface area contributed by atoms with Crippen molar-refractivity contribution in [1.82, 2.24) is 10.3 Å². The maximum absolute atomic E-state index is 13.2. The molecule has 0 spiro atoms. The van der Waals surface area contributed by atoms with Gasteiger partial charge in [-0.15, -0.1) is 0 Å². The van der Waals surface area contributed by atoms with E-state index >= 15 is 0 Å². The number of hydrogen-bond acceptors (Lipinski definition) is 1. The number of aromatic amines is 1. The lowest BCUT2D eigenvalue weighted by Crippen LogP contribution is -2.31. The molecule has 1 aliphatic rings. The minimum atomic E-state index is -0.148. The highest BCUT2D eigenvalue weighted by Gasteiger charge is 2.21. The number of rotatable bonds is 1. The number of hydrogen-bond donors (Lipinski definition) is 2. The Morgan fingerprint density at radius 1 is 1.44 bits per heavy atom. The summed E-state index contributed by atoms with van der Waals surface area (Å²) in [6.07, 6.45) is 3.18. The summed E-state index contributed by atoms with van der Waals surface area (Å²) < 4.78 is 13.2. The van der Waals surface area contributed by atoms with Gasteiger partial charge in [-0.05, 0) is 43.7 Å². The van der Waals surface area contributed by atoms with E-state index in [1.54, 1.807) is 6.07 Å². The standard InChI is InChI=1S/C13H15FN2/c1-15-9-3-4-10-11-6-8(14)2-5-12(11)16-13(10)7-9/h2,5-6,9,15-16H,3-4,7H2,1H3.